The zero-order valence-corrected chi connectivity index (χ0v) is 14.0. The zero-order chi connectivity index (χ0) is 17.8. The highest BCUT2D eigenvalue weighted by atomic mass is 16.5. The number of hydrogen-bond acceptors (Lipinski definition) is 4. The van der Waals surface area contributed by atoms with Crippen LogP contribution < -0.4 is 10.6 Å². The molecule has 0 fully saturated rings. The fourth-order valence-corrected chi connectivity index (χ4v) is 2.38. The van der Waals surface area contributed by atoms with Crippen molar-refractivity contribution in [3.8, 4) is 0 Å². The van der Waals surface area contributed by atoms with Gasteiger partial charge in [0.05, 0.1) is 6.54 Å². The van der Waals surface area contributed by atoms with Crippen molar-refractivity contribution in [2.45, 2.75) is 13.1 Å². The van der Waals surface area contributed by atoms with Crippen LogP contribution in [0.5, 0.6) is 0 Å². The van der Waals surface area contributed by atoms with E-state index in [4.69, 9.17) is 4.52 Å². The van der Waals surface area contributed by atoms with Gasteiger partial charge >= 0.3 is 6.03 Å². The molecule has 0 saturated carbocycles. The van der Waals surface area contributed by atoms with Crippen LogP contribution in [0.2, 0.25) is 0 Å². The molecule has 2 aromatic heterocycles. The molecule has 2 heterocycles. The zero-order valence-electron chi connectivity index (χ0n) is 14.0. The Morgan fingerprint density at radius 2 is 2.08 bits per heavy atom. The summed E-state index contributed by atoms with van der Waals surface area (Å²) in [6.07, 6.45) is 3.31. The molecule has 0 saturated heterocycles. The van der Waals surface area contributed by atoms with Crippen molar-refractivity contribution in [2.75, 3.05) is 19.4 Å². The number of nitrogens with zero attached hydrogens (tertiary/aromatic N) is 3. The number of amides is 3. The molecule has 2 N–H and O–H groups in total. The Labute approximate surface area is 144 Å². The summed E-state index contributed by atoms with van der Waals surface area (Å²) in [5, 5.41) is 10.1. The molecule has 0 unspecified atom stereocenters. The predicted molar refractivity (Wildman–Crippen MR) is 93.0 cm³/mol. The van der Waals surface area contributed by atoms with Crippen LogP contribution in [0.3, 0.4) is 0 Å². The Bertz CT molecular complexity index is 883. The maximum Gasteiger partial charge on any atom is 0.319 e. The van der Waals surface area contributed by atoms with Crippen molar-refractivity contribution < 1.29 is 14.1 Å². The Morgan fingerprint density at radius 1 is 1.24 bits per heavy atom. The number of urea groups is 1. The number of anilines is 1. The number of hydrogen-bond donors (Lipinski definition) is 2. The van der Waals surface area contributed by atoms with Crippen molar-refractivity contribution in [3.05, 3.63) is 48.5 Å². The van der Waals surface area contributed by atoms with Crippen LogP contribution in [0, 0.1) is 0 Å². The molecule has 3 aromatic rings. The van der Waals surface area contributed by atoms with Gasteiger partial charge in [0.1, 0.15) is 18.5 Å². The van der Waals surface area contributed by atoms with E-state index in [2.05, 4.69) is 15.8 Å². The van der Waals surface area contributed by atoms with Gasteiger partial charge in [0.15, 0.2) is 0 Å². The molecule has 1 aromatic carbocycles. The molecule has 0 spiro atoms. The van der Waals surface area contributed by atoms with E-state index < -0.39 is 0 Å². The molecule has 0 aliphatic carbocycles. The minimum Gasteiger partial charge on any atom is -0.364 e. The van der Waals surface area contributed by atoms with E-state index in [-0.39, 0.29) is 25.0 Å². The second-order valence-electron chi connectivity index (χ2n) is 5.80. The summed E-state index contributed by atoms with van der Waals surface area (Å²) in [5.41, 5.74) is 2.25. The standard InChI is InChI=1S/C17H19N5O3/c1-21(2)16(23)11-22-7-5-12-9-13(3-4-15(12)22)19-17(24)18-10-14-6-8-25-20-14/h3-9H,10-11H2,1-2H3,(H2,18,19,24). The van der Waals surface area contributed by atoms with Gasteiger partial charge in [-0.25, -0.2) is 4.79 Å². The van der Waals surface area contributed by atoms with Crippen LogP contribution in [0.1, 0.15) is 5.69 Å². The monoisotopic (exact) mass is 341 g/mol. The van der Waals surface area contributed by atoms with Crippen molar-refractivity contribution in [2.24, 2.45) is 0 Å². The summed E-state index contributed by atoms with van der Waals surface area (Å²) >= 11 is 0. The van der Waals surface area contributed by atoms with Crippen LogP contribution in [0.25, 0.3) is 10.9 Å². The number of nitrogens with one attached hydrogen (secondary N) is 2. The summed E-state index contributed by atoms with van der Waals surface area (Å²) in [5.74, 6) is 0.0203. The molecule has 3 amide bonds. The summed E-state index contributed by atoms with van der Waals surface area (Å²) in [4.78, 5) is 25.4. The normalized spacial score (nSPS) is 10.6. The number of likely N-dealkylation sites (N-methyl/N-ethyl adjacent to an activating group) is 1. The molecule has 0 aliphatic heterocycles. The minimum absolute atomic E-state index is 0.0203. The highest BCUT2D eigenvalue weighted by Gasteiger charge is 2.09. The number of rotatable bonds is 5. The lowest BCUT2D eigenvalue weighted by Gasteiger charge is -2.12. The van der Waals surface area contributed by atoms with Gasteiger partial charge in [-0.1, -0.05) is 5.16 Å². The third-order valence-corrected chi connectivity index (χ3v) is 3.75. The van der Waals surface area contributed by atoms with E-state index in [0.717, 1.165) is 10.9 Å². The maximum absolute atomic E-state index is 11.9. The van der Waals surface area contributed by atoms with Gasteiger partial charge in [-0.3, -0.25) is 4.79 Å². The van der Waals surface area contributed by atoms with Crippen LogP contribution in [0.4, 0.5) is 10.5 Å². The molecule has 3 rings (SSSR count). The lowest BCUT2D eigenvalue weighted by molar-refractivity contribution is -0.129. The fraction of sp³-hybridized carbons (Fsp3) is 0.235. The Morgan fingerprint density at radius 3 is 2.80 bits per heavy atom. The molecule has 130 valence electrons. The average molecular weight is 341 g/mol. The number of fused-ring (bicyclic) bond motifs is 1. The van der Waals surface area contributed by atoms with Gasteiger partial charge in [0.25, 0.3) is 0 Å². The second kappa shape index (κ2) is 7.08. The molecule has 25 heavy (non-hydrogen) atoms. The SMILES string of the molecule is CN(C)C(=O)Cn1ccc2cc(NC(=O)NCc3ccon3)ccc21. The first-order chi connectivity index (χ1) is 12.0. The minimum atomic E-state index is -0.329. The van der Waals surface area contributed by atoms with E-state index in [1.165, 1.54) is 6.26 Å². The van der Waals surface area contributed by atoms with Crippen LogP contribution in [0.15, 0.2) is 47.3 Å². The largest absolute Gasteiger partial charge is 0.364 e. The molecular formula is C17H19N5O3. The molecular weight excluding hydrogens is 322 g/mol. The van der Waals surface area contributed by atoms with E-state index in [1.807, 2.05) is 29.0 Å². The second-order valence-corrected chi connectivity index (χ2v) is 5.80. The lowest BCUT2D eigenvalue weighted by Crippen LogP contribution is -2.28. The number of carbonyl (C=O) groups excluding carboxylic acids is 2. The highest BCUT2D eigenvalue weighted by Crippen LogP contribution is 2.20. The van der Waals surface area contributed by atoms with Crippen molar-refractivity contribution in [3.63, 3.8) is 0 Å². The van der Waals surface area contributed by atoms with Gasteiger partial charge in [-0.05, 0) is 24.3 Å². The van der Waals surface area contributed by atoms with Gasteiger partial charge in [-0.15, -0.1) is 0 Å². The van der Waals surface area contributed by atoms with Crippen LogP contribution in [-0.2, 0) is 17.9 Å². The van der Waals surface area contributed by atoms with E-state index in [0.29, 0.717) is 11.4 Å². The Hall–Kier alpha value is -3.29. The molecule has 0 aliphatic rings. The fourth-order valence-electron chi connectivity index (χ4n) is 2.38. The number of benzene rings is 1. The number of aromatic nitrogens is 2. The van der Waals surface area contributed by atoms with Crippen molar-refractivity contribution in [1.82, 2.24) is 19.9 Å². The van der Waals surface area contributed by atoms with Crippen LogP contribution in [-0.4, -0.2) is 40.7 Å². The summed E-state index contributed by atoms with van der Waals surface area (Å²) in [7, 11) is 3.46. The maximum atomic E-state index is 11.9. The molecule has 0 atom stereocenters. The van der Waals surface area contributed by atoms with E-state index >= 15 is 0 Å². The quantitative estimate of drug-likeness (QED) is 0.743. The Balaban J connectivity index is 1.65. The summed E-state index contributed by atoms with van der Waals surface area (Å²) in [6, 6.07) is 8.81. The lowest BCUT2D eigenvalue weighted by atomic mass is 10.2. The summed E-state index contributed by atoms with van der Waals surface area (Å²) in [6.45, 7) is 0.565. The van der Waals surface area contributed by atoms with E-state index in [9.17, 15) is 9.59 Å². The van der Waals surface area contributed by atoms with Crippen molar-refractivity contribution in [1.29, 1.82) is 0 Å². The molecule has 0 radical (unpaired) electrons. The summed E-state index contributed by atoms with van der Waals surface area (Å²) < 4.78 is 6.59. The first-order valence-electron chi connectivity index (χ1n) is 7.76. The Kier molecular flexibility index (Phi) is 4.69. The first kappa shape index (κ1) is 16.6. The van der Waals surface area contributed by atoms with Gasteiger partial charge in [0, 0.05) is 42.9 Å². The smallest absolute Gasteiger partial charge is 0.319 e. The molecule has 8 heteroatoms. The molecule has 0 bridgehead atoms. The van der Waals surface area contributed by atoms with Gasteiger partial charge in [-0.2, -0.15) is 0 Å². The predicted octanol–water partition coefficient (Wildman–Crippen LogP) is 2.04. The molecule has 8 nitrogen and oxygen atoms in total. The average Bonchev–Trinajstić information content (AvgIpc) is 3.23. The van der Waals surface area contributed by atoms with E-state index in [1.54, 1.807) is 31.1 Å². The van der Waals surface area contributed by atoms with Gasteiger partial charge in [0.2, 0.25) is 5.91 Å². The first-order valence-corrected chi connectivity index (χ1v) is 7.76. The van der Waals surface area contributed by atoms with Crippen LogP contribution >= 0.6 is 0 Å². The van der Waals surface area contributed by atoms with Gasteiger partial charge < -0.3 is 24.6 Å². The third kappa shape index (κ3) is 3.97. The third-order valence-electron chi connectivity index (χ3n) is 3.75. The number of carbonyl (C=O) groups is 2. The van der Waals surface area contributed by atoms with Crippen molar-refractivity contribution >= 4 is 28.5 Å². The topological polar surface area (TPSA) is 92.4 Å². The highest BCUT2D eigenvalue weighted by molar-refractivity contribution is 5.93.